The number of aromatic nitrogens is 10. The Morgan fingerprint density at radius 1 is 1.05 bits per heavy atom. The maximum atomic E-state index is 13.0. The van der Waals surface area contributed by atoms with Crippen LogP contribution in [-0.4, -0.2) is 54.7 Å². The maximum absolute atomic E-state index is 13.0. The first kappa shape index (κ1) is 25.6. The number of imidazole rings is 2. The summed E-state index contributed by atoms with van der Waals surface area (Å²) in [6.07, 6.45) is 1.58. The Labute approximate surface area is 229 Å². The third-order valence-corrected chi connectivity index (χ3v) is 6.68. The van der Waals surface area contributed by atoms with Crippen molar-refractivity contribution in [1.29, 1.82) is 0 Å². The Morgan fingerprint density at radius 3 is 2.54 bits per heavy atom. The zero-order valence-corrected chi connectivity index (χ0v) is 22.2. The molecule has 0 saturated heterocycles. The molecule has 6 rings (SSSR count). The Balaban J connectivity index is 1.22. The van der Waals surface area contributed by atoms with Crippen molar-refractivity contribution < 1.29 is 9.21 Å². The van der Waals surface area contributed by atoms with Crippen LogP contribution in [0.1, 0.15) is 35.9 Å². The van der Waals surface area contributed by atoms with Gasteiger partial charge in [0.2, 0.25) is 17.7 Å². The van der Waals surface area contributed by atoms with Gasteiger partial charge in [0.05, 0.1) is 12.7 Å². The van der Waals surface area contributed by atoms with Crippen LogP contribution >= 0.6 is 0 Å². The molecule has 16 heteroatoms. The molecular formula is C25H24N12O4. The van der Waals surface area contributed by atoms with E-state index in [4.69, 9.17) is 10.2 Å². The van der Waals surface area contributed by atoms with E-state index in [1.807, 2.05) is 6.92 Å². The highest BCUT2D eigenvalue weighted by Gasteiger charge is 2.21. The fourth-order valence-corrected chi connectivity index (χ4v) is 4.56. The van der Waals surface area contributed by atoms with Crippen LogP contribution in [0.3, 0.4) is 0 Å². The van der Waals surface area contributed by atoms with Gasteiger partial charge in [-0.1, -0.05) is 0 Å². The normalized spacial score (nSPS) is 11.5. The van der Waals surface area contributed by atoms with Gasteiger partial charge >= 0.3 is 5.69 Å². The van der Waals surface area contributed by atoms with E-state index in [9.17, 15) is 14.4 Å². The Bertz CT molecular complexity index is 2060. The lowest BCUT2D eigenvalue weighted by molar-refractivity contribution is 0.102. The molecule has 1 aromatic carbocycles. The molecule has 5 heterocycles. The van der Waals surface area contributed by atoms with E-state index in [0.717, 1.165) is 0 Å². The SMILES string of the molecule is CCn1c(=O)c2c(nc(Cc3nnc(-c4ccc(C(=O)Nc5nc(N)c6[nH]cnc6n5)cc4)o3)n2C)n(CC)c1=O. The Morgan fingerprint density at radius 2 is 1.80 bits per heavy atom. The first-order chi connectivity index (χ1) is 19.8. The second-order valence-electron chi connectivity index (χ2n) is 9.08. The van der Waals surface area contributed by atoms with Crippen molar-refractivity contribution in [2.75, 3.05) is 11.1 Å². The number of benzene rings is 1. The molecule has 208 valence electrons. The summed E-state index contributed by atoms with van der Waals surface area (Å²) in [6.45, 7) is 4.19. The van der Waals surface area contributed by atoms with Crippen molar-refractivity contribution in [2.45, 2.75) is 33.4 Å². The average Bonchev–Trinajstić information content (AvgIpc) is 3.69. The van der Waals surface area contributed by atoms with E-state index in [2.05, 4.69) is 40.4 Å². The number of rotatable bonds is 7. The van der Waals surface area contributed by atoms with Crippen LogP contribution in [0, 0.1) is 0 Å². The highest BCUT2D eigenvalue weighted by Crippen LogP contribution is 2.21. The molecule has 0 saturated carbocycles. The minimum atomic E-state index is -0.438. The fraction of sp³-hybridized carbons (Fsp3) is 0.240. The van der Waals surface area contributed by atoms with E-state index < -0.39 is 17.2 Å². The average molecular weight is 557 g/mol. The third kappa shape index (κ3) is 4.30. The van der Waals surface area contributed by atoms with Crippen molar-refractivity contribution >= 4 is 40.0 Å². The summed E-state index contributed by atoms with van der Waals surface area (Å²) in [4.78, 5) is 58.1. The molecule has 1 amide bonds. The summed E-state index contributed by atoms with van der Waals surface area (Å²) < 4.78 is 10.2. The van der Waals surface area contributed by atoms with Gasteiger partial charge in [-0.05, 0) is 38.1 Å². The first-order valence-corrected chi connectivity index (χ1v) is 12.7. The molecule has 16 nitrogen and oxygen atoms in total. The zero-order valence-electron chi connectivity index (χ0n) is 22.2. The number of amides is 1. The molecule has 0 radical (unpaired) electrons. The van der Waals surface area contributed by atoms with Crippen molar-refractivity contribution in [3.8, 4) is 11.5 Å². The van der Waals surface area contributed by atoms with Crippen molar-refractivity contribution in [3.63, 3.8) is 0 Å². The van der Waals surface area contributed by atoms with Gasteiger partial charge in [0.25, 0.3) is 11.5 Å². The monoisotopic (exact) mass is 556 g/mol. The van der Waals surface area contributed by atoms with Gasteiger partial charge in [-0.2, -0.15) is 9.97 Å². The zero-order chi connectivity index (χ0) is 28.8. The Hall–Kier alpha value is -5.67. The number of hydrogen-bond donors (Lipinski definition) is 3. The van der Waals surface area contributed by atoms with Crippen LogP contribution < -0.4 is 22.3 Å². The van der Waals surface area contributed by atoms with Gasteiger partial charge < -0.3 is 19.7 Å². The summed E-state index contributed by atoms with van der Waals surface area (Å²) in [6, 6.07) is 6.53. The molecular weight excluding hydrogens is 532 g/mol. The number of aryl methyl sites for hydroxylation is 2. The highest BCUT2D eigenvalue weighted by molar-refractivity contribution is 6.04. The third-order valence-electron chi connectivity index (χ3n) is 6.68. The number of hydrogen-bond acceptors (Lipinski definition) is 11. The summed E-state index contributed by atoms with van der Waals surface area (Å²) in [5, 5.41) is 10.8. The fourth-order valence-electron chi connectivity index (χ4n) is 4.56. The van der Waals surface area contributed by atoms with Crippen LogP contribution in [0.15, 0.2) is 44.6 Å². The maximum Gasteiger partial charge on any atom is 0.332 e. The van der Waals surface area contributed by atoms with E-state index in [-0.39, 0.29) is 36.5 Å². The van der Waals surface area contributed by atoms with E-state index in [1.165, 1.54) is 15.5 Å². The quantitative estimate of drug-likeness (QED) is 0.253. The topological polar surface area (TPSA) is 210 Å². The highest BCUT2D eigenvalue weighted by atomic mass is 16.4. The number of nitrogens with zero attached hydrogens (tertiary/aromatic N) is 9. The van der Waals surface area contributed by atoms with Crippen molar-refractivity contribution in [1.82, 2.24) is 48.8 Å². The summed E-state index contributed by atoms with van der Waals surface area (Å²) in [5.41, 5.74) is 7.50. The van der Waals surface area contributed by atoms with Crippen LogP contribution in [0.5, 0.6) is 0 Å². The van der Waals surface area contributed by atoms with E-state index >= 15 is 0 Å². The number of carbonyl (C=O) groups is 1. The number of aromatic amines is 1. The largest absolute Gasteiger partial charge is 0.420 e. The second-order valence-corrected chi connectivity index (χ2v) is 9.08. The smallest absolute Gasteiger partial charge is 0.332 e. The molecule has 0 spiro atoms. The molecule has 0 fully saturated rings. The molecule has 0 unspecified atom stereocenters. The first-order valence-electron chi connectivity index (χ1n) is 12.7. The summed E-state index contributed by atoms with van der Waals surface area (Å²) in [7, 11) is 1.71. The molecule has 41 heavy (non-hydrogen) atoms. The molecule has 0 aliphatic rings. The lowest BCUT2D eigenvalue weighted by Crippen LogP contribution is -2.39. The molecule has 0 bridgehead atoms. The minimum absolute atomic E-state index is 0.0317. The van der Waals surface area contributed by atoms with Crippen LogP contribution in [0.2, 0.25) is 0 Å². The molecule has 0 aliphatic heterocycles. The molecule has 6 aromatic rings. The molecule has 0 atom stereocenters. The van der Waals surface area contributed by atoms with Crippen LogP contribution in [0.25, 0.3) is 33.8 Å². The van der Waals surface area contributed by atoms with Crippen LogP contribution in [0.4, 0.5) is 11.8 Å². The van der Waals surface area contributed by atoms with Gasteiger partial charge in [0.1, 0.15) is 11.3 Å². The molecule has 5 aromatic heterocycles. The predicted molar refractivity (Wildman–Crippen MR) is 147 cm³/mol. The summed E-state index contributed by atoms with van der Waals surface area (Å²) in [5.74, 6) is 0.762. The lowest BCUT2D eigenvalue weighted by atomic mass is 10.1. The number of H-pyrrole nitrogens is 1. The lowest BCUT2D eigenvalue weighted by Gasteiger charge is -2.08. The van der Waals surface area contributed by atoms with Gasteiger partial charge in [-0.15, -0.1) is 10.2 Å². The van der Waals surface area contributed by atoms with Gasteiger partial charge in [-0.25, -0.2) is 14.8 Å². The molecule has 4 N–H and O–H groups in total. The number of nitrogens with one attached hydrogen (secondary N) is 2. The van der Waals surface area contributed by atoms with Gasteiger partial charge in [0, 0.05) is 31.3 Å². The standard InChI is InChI=1S/C25H24N12O4/c1-4-36-20-17(23(39)37(5-2)25(36)40)35(3)14(29-20)10-15-33-34-22(41-15)13-8-6-12(7-9-13)21(38)32-24-30-18(26)16-19(31-24)28-11-27-16/h6-9,11H,4-5,10H2,1-3H3,(H4,26,27,28,30,31,32,38). The number of carbonyl (C=O) groups excluding carboxylic acids is 1. The number of fused-ring (bicyclic) bond motifs is 2. The summed E-state index contributed by atoms with van der Waals surface area (Å²) >= 11 is 0. The van der Waals surface area contributed by atoms with Gasteiger partial charge in [-0.3, -0.25) is 24.0 Å². The number of anilines is 2. The van der Waals surface area contributed by atoms with E-state index in [0.29, 0.717) is 45.8 Å². The Kier molecular flexibility index (Phi) is 6.13. The number of nitrogen functional groups attached to an aromatic ring is 1. The second kappa shape index (κ2) is 9.82. The van der Waals surface area contributed by atoms with E-state index in [1.54, 1.807) is 42.8 Å². The van der Waals surface area contributed by atoms with Crippen molar-refractivity contribution in [3.05, 3.63) is 68.7 Å². The van der Waals surface area contributed by atoms with Crippen molar-refractivity contribution in [2.24, 2.45) is 7.05 Å². The van der Waals surface area contributed by atoms with Gasteiger partial charge in [0.15, 0.2) is 22.6 Å². The minimum Gasteiger partial charge on any atom is -0.420 e. The predicted octanol–water partition coefficient (Wildman–Crippen LogP) is 1.08. The molecule has 0 aliphatic carbocycles. The number of nitrogens with two attached hydrogens (primary N) is 1. The van der Waals surface area contributed by atoms with Crippen LogP contribution in [-0.2, 0) is 26.6 Å².